The van der Waals surface area contributed by atoms with Gasteiger partial charge in [-0.3, -0.25) is 0 Å². The minimum absolute atomic E-state index is 0.287. The summed E-state index contributed by atoms with van der Waals surface area (Å²) in [5, 5.41) is 0. The third kappa shape index (κ3) is 2.50. The summed E-state index contributed by atoms with van der Waals surface area (Å²) in [7, 11) is -3.41. The molecule has 0 spiro atoms. The Hall–Kier alpha value is -1.33. The van der Waals surface area contributed by atoms with E-state index in [9.17, 15) is 8.42 Å². The van der Waals surface area contributed by atoms with Crippen molar-refractivity contribution in [3.63, 3.8) is 0 Å². The van der Waals surface area contributed by atoms with Gasteiger partial charge in [-0.15, -0.1) is 0 Å². The topological polar surface area (TPSA) is 46.2 Å². The van der Waals surface area contributed by atoms with Crippen LogP contribution < -0.4 is 4.34 Å². The smallest absolute Gasteiger partial charge is 0.206 e. The fourth-order valence-corrected chi connectivity index (χ4v) is 2.98. The van der Waals surface area contributed by atoms with Crippen LogP contribution in [0.3, 0.4) is 0 Å². The summed E-state index contributed by atoms with van der Waals surface area (Å²) in [6.45, 7) is 0. The molecule has 0 aliphatic rings. The zero-order chi connectivity index (χ0) is 12.3. The second-order valence-electron chi connectivity index (χ2n) is 3.44. The van der Waals surface area contributed by atoms with Crippen LogP contribution in [0.25, 0.3) is 0 Å². The number of halogens is 1. The first-order chi connectivity index (χ1) is 8.14. The Morgan fingerprint density at radius 1 is 0.824 bits per heavy atom. The Morgan fingerprint density at radius 3 is 1.88 bits per heavy atom. The maximum absolute atomic E-state index is 12.2. The van der Waals surface area contributed by atoms with E-state index in [1.807, 2.05) is 0 Å². The van der Waals surface area contributed by atoms with Crippen LogP contribution in [-0.2, 0) is 9.84 Å². The molecule has 0 radical (unpaired) electrons. The lowest BCUT2D eigenvalue weighted by Gasteiger charge is -2.05. The van der Waals surface area contributed by atoms with Gasteiger partial charge < -0.3 is 4.34 Å². The molecule has 17 heavy (non-hydrogen) atoms. The Labute approximate surface area is 109 Å². The molecule has 0 heterocycles. The van der Waals surface area contributed by atoms with Crippen molar-refractivity contribution in [2.24, 2.45) is 0 Å². The van der Waals surface area contributed by atoms with Crippen molar-refractivity contribution >= 4 is 31.7 Å². The summed E-state index contributed by atoms with van der Waals surface area (Å²) in [5.41, 5.74) is 0.803. The van der Waals surface area contributed by atoms with Crippen molar-refractivity contribution in [2.45, 2.75) is 9.79 Å². The van der Waals surface area contributed by atoms with E-state index >= 15 is 0 Å². The number of anilines is 1. The molecule has 0 bridgehead atoms. The predicted octanol–water partition coefficient (Wildman–Crippen LogP) is 3.24. The molecule has 5 heteroatoms. The van der Waals surface area contributed by atoms with Gasteiger partial charge in [0.15, 0.2) is 0 Å². The van der Waals surface area contributed by atoms with Crippen LogP contribution in [0.4, 0.5) is 5.69 Å². The van der Waals surface area contributed by atoms with Gasteiger partial charge in [0.1, 0.15) is 0 Å². The normalized spacial score (nSPS) is 11.1. The van der Waals surface area contributed by atoms with Crippen LogP contribution >= 0.6 is 16.1 Å². The van der Waals surface area contributed by atoms with Gasteiger partial charge >= 0.3 is 0 Å². The molecule has 0 aliphatic carbocycles. The molecule has 2 aromatic rings. The molecule has 0 saturated heterocycles. The van der Waals surface area contributed by atoms with E-state index in [-0.39, 0.29) is 4.90 Å². The standard InChI is InChI=1S/C12H10BrNO2S/c13-14-10-6-8-12(9-7-10)17(15,16)11-4-2-1-3-5-11/h1-9,14H. The summed E-state index contributed by atoms with van der Waals surface area (Å²) in [5.74, 6) is 0. The van der Waals surface area contributed by atoms with Crippen molar-refractivity contribution in [2.75, 3.05) is 4.34 Å². The lowest BCUT2D eigenvalue weighted by Crippen LogP contribution is -2.01. The first-order valence-corrected chi connectivity index (χ1v) is 7.19. The average Bonchev–Trinajstić information content (AvgIpc) is 2.40. The fourth-order valence-electron chi connectivity index (χ4n) is 1.43. The van der Waals surface area contributed by atoms with Gasteiger partial charge in [-0.2, -0.15) is 0 Å². The summed E-state index contributed by atoms with van der Waals surface area (Å²) in [6.07, 6.45) is 0. The monoisotopic (exact) mass is 311 g/mol. The molecule has 2 aromatic carbocycles. The lowest BCUT2D eigenvalue weighted by molar-refractivity contribution is 0.596. The average molecular weight is 312 g/mol. The quantitative estimate of drug-likeness (QED) is 0.885. The number of hydrogen-bond donors (Lipinski definition) is 1. The van der Waals surface area contributed by atoms with E-state index in [4.69, 9.17) is 0 Å². The summed E-state index contributed by atoms with van der Waals surface area (Å²) in [4.78, 5) is 0.592. The number of benzene rings is 2. The molecule has 0 aliphatic heterocycles. The Bertz CT molecular complexity index is 594. The van der Waals surface area contributed by atoms with E-state index in [1.165, 1.54) is 0 Å². The molecule has 0 aromatic heterocycles. The Balaban J connectivity index is 2.45. The molecule has 88 valence electrons. The van der Waals surface area contributed by atoms with Crippen molar-refractivity contribution in [3.8, 4) is 0 Å². The minimum atomic E-state index is -3.41. The molecule has 0 unspecified atom stereocenters. The van der Waals surface area contributed by atoms with Crippen LogP contribution in [0, 0.1) is 0 Å². The SMILES string of the molecule is O=S(=O)(c1ccccc1)c1ccc(NBr)cc1. The molecular weight excluding hydrogens is 302 g/mol. The Kier molecular flexibility index (Phi) is 3.49. The first-order valence-electron chi connectivity index (χ1n) is 4.91. The van der Waals surface area contributed by atoms with Gasteiger partial charge in [0.25, 0.3) is 0 Å². The predicted molar refractivity (Wildman–Crippen MR) is 70.9 cm³/mol. The van der Waals surface area contributed by atoms with Crippen LogP contribution in [0.1, 0.15) is 0 Å². The van der Waals surface area contributed by atoms with Gasteiger partial charge in [0.2, 0.25) is 9.84 Å². The van der Waals surface area contributed by atoms with E-state index in [2.05, 4.69) is 20.5 Å². The van der Waals surface area contributed by atoms with Gasteiger partial charge in [-0.1, -0.05) is 18.2 Å². The largest absolute Gasteiger partial charge is 0.322 e. The maximum Gasteiger partial charge on any atom is 0.206 e. The van der Waals surface area contributed by atoms with Crippen molar-refractivity contribution < 1.29 is 8.42 Å². The van der Waals surface area contributed by atoms with Crippen LogP contribution in [0.5, 0.6) is 0 Å². The molecule has 0 amide bonds. The molecule has 3 nitrogen and oxygen atoms in total. The van der Waals surface area contributed by atoms with Gasteiger partial charge in [-0.25, -0.2) is 8.42 Å². The second kappa shape index (κ2) is 4.89. The van der Waals surface area contributed by atoms with Crippen molar-refractivity contribution in [1.82, 2.24) is 0 Å². The van der Waals surface area contributed by atoms with Gasteiger partial charge in [0.05, 0.1) is 9.79 Å². The number of nitrogens with one attached hydrogen (secondary N) is 1. The first kappa shape index (κ1) is 12.1. The molecular formula is C12H10BrNO2S. The fraction of sp³-hybridized carbons (Fsp3) is 0. The van der Waals surface area contributed by atoms with E-state index < -0.39 is 9.84 Å². The third-order valence-corrected chi connectivity index (χ3v) is 4.57. The summed E-state index contributed by atoms with van der Waals surface area (Å²) < 4.78 is 27.2. The zero-order valence-corrected chi connectivity index (χ0v) is 11.2. The maximum atomic E-state index is 12.2. The molecule has 0 saturated carbocycles. The lowest BCUT2D eigenvalue weighted by atomic mass is 10.3. The summed E-state index contributed by atoms with van der Waals surface area (Å²) in [6, 6.07) is 14.9. The van der Waals surface area contributed by atoms with Gasteiger partial charge in [0, 0.05) is 21.8 Å². The number of hydrogen-bond acceptors (Lipinski definition) is 3. The van der Waals surface area contributed by atoms with Crippen molar-refractivity contribution in [3.05, 3.63) is 54.6 Å². The van der Waals surface area contributed by atoms with E-state index in [0.717, 1.165) is 5.69 Å². The van der Waals surface area contributed by atoms with Crippen LogP contribution in [0.2, 0.25) is 0 Å². The van der Waals surface area contributed by atoms with Crippen LogP contribution in [0.15, 0.2) is 64.4 Å². The summed E-state index contributed by atoms with van der Waals surface area (Å²) >= 11 is 3.08. The van der Waals surface area contributed by atoms with Gasteiger partial charge in [-0.05, 0) is 36.4 Å². The molecule has 1 N–H and O–H groups in total. The third-order valence-electron chi connectivity index (χ3n) is 2.33. The highest BCUT2D eigenvalue weighted by Gasteiger charge is 2.16. The molecule has 2 rings (SSSR count). The van der Waals surface area contributed by atoms with Crippen molar-refractivity contribution in [1.29, 1.82) is 0 Å². The number of sulfone groups is 1. The van der Waals surface area contributed by atoms with E-state index in [0.29, 0.717) is 4.90 Å². The highest BCUT2D eigenvalue weighted by molar-refractivity contribution is 9.10. The Morgan fingerprint density at radius 2 is 1.35 bits per heavy atom. The molecule has 0 atom stereocenters. The zero-order valence-electron chi connectivity index (χ0n) is 8.80. The highest BCUT2D eigenvalue weighted by Crippen LogP contribution is 2.22. The minimum Gasteiger partial charge on any atom is -0.322 e. The second-order valence-corrected chi connectivity index (χ2v) is 5.78. The highest BCUT2D eigenvalue weighted by atomic mass is 79.9. The molecule has 0 fully saturated rings. The van der Waals surface area contributed by atoms with Crippen LogP contribution in [-0.4, -0.2) is 8.42 Å². The number of rotatable bonds is 3. The van der Waals surface area contributed by atoms with E-state index in [1.54, 1.807) is 54.6 Å².